The van der Waals surface area contributed by atoms with Crippen molar-refractivity contribution in [3.63, 3.8) is 0 Å². The van der Waals surface area contributed by atoms with Crippen LogP contribution in [0.2, 0.25) is 5.02 Å². The van der Waals surface area contributed by atoms with Gasteiger partial charge in [0.05, 0.1) is 0 Å². The molecule has 1 aromatic carbocycles. The van der Waals surface area contributed by atoms with Crippen LogP contribution in [0.4, 0.5) is 5.69 Å². The van der Waals surface area contributed by atoms with Gasteiger partial charge >= 0.3 is 0 Å². The standard InChI is InChI=1S/C13H14ClNO3/c1-7(2)11(16)6-13(18)9-4-3-8(14)5-10(9)15-12(13)17/h3-5,7,18H,6H2,1-2H3,(H,15,17). The van der Waals surface area contributed by atoms with Crippen molar-refractivity contribution in [1.82, 2.24) is 0 Å². The highest BCUT2D eigenvalue weighted by molar-refractivity contribution is 6.31. The first-order valence-electron chi connectivity index (χ1n) is 5.71. The van der Waals surface area contributed by atoms with Crippen molar-refractivity contribution in [2.45, 2.75) is 25.9 Å². The van der Waals surface area contributed by atoms with Crippen LogP contribution in [0.3, 0.4) is 0 Å². The van der Waals surface area contributed by atoms with E-state index in [-0.39, 0.29) is 18.1 Å². The molecule has 5 heteroatoms. The smallest absolute Gasteiger partial charge is 0.261 e. The average molecular weight is 268 g/mol. The molecular formula is C13H14ClNO3. The molecule has 0 spiro atoms. The number of aliphatic hydroxyl groups is 1. The molecule has 0 saturated heterocycles. The van der Waals surface area contributed by atoms with Gasteiger partial charge in [-0.2, -0.15) is 0 Å². The van der Waals surface area contributed by atoms with Crippen LogP contribution in [0.5, 0.6) is 0 Å². The lowest BCUT2D eigenvalue weighted by molar-refractivity contribution is -0.141. The largest absolute Gasteiger partial charge is 0.375 e. The minimum Gasteiger partial charge on any atom is -0.375 e. The van der Waals surface area contributed by atoms with E-state index in [1.54, 1.807) is 32.0 Å². The Labute approximate surface area is 110 Å². The molecule has 18 heavy (non-hydrogen) atoms. The van der Waals surface area contributed by atoms with Crippen molar-refractivity contribution < 1.29 is 14.7 Å². The van der Waals surface area contributed by atoms with Crippen molar-refractivity contribution in [2.24, 2.45) is 5.92 Å². The van der Waals surface area contributed by atoms with Gasteiger partial charge < -0.3 is 10.4 Å². The average Bonchev–Trinajstić information content (AvgIpc) is 2.50. The zero-order valence-electron chi connectivity index (χ0n) is 10.2. The van der Waals surface area contributed by atoms with Gasteiger partial charge in [0.25, 0.3) is 5.91 Å². The third kappa shape index (κ3) is 2.02. The zero-order chi connectivity index (χ0) is 13.5. The highest BCUT2D eigenvalue weighted by atomic mass is 35.5. The highest BCUT2D eigenvalue weighted by Crippen LogP contribution is 2.40. The number of halogens is 1. The molecule has 1 aliphatic heterocycles. The van der Waals surface area contributed by atoms with Crippen LogP contribution >= 0.6 is 11.6 Å². The summed E-state index contributed by atoms with van der Waals surface area (Å²) < 4.78 is 0. The molecule has 0 aromatic heterocycles. The first-order valence-corrected chi connectivity index (χ1v) is 6.09. The Morgan fingerprint density at radius 3 is 2.78 bits per heavy atom. The van der Waals surface area contributed by atoms with Crippen molar-refractivity contribution in [3.05, 3.63) is 28.8 Å². The minimum atomic E-state index is -1.78. The molecule has 1 amide bonds. The molecule has 2 rings (SSSR count). The van der Waals surface area contributed by atoms with E-state index >= 15 is 0 Å². The molecule has 0 radical (unpaired) electrons. The number of rotatable bonds is 3. The fourth-order valence-corrected chi connectivity index (χ4v) is 2.13. The Balaban J connectivity index is 2.40. The summed E-state index contributed by atoms with van der Waals surface area (Å²) in [6.45, 7) is 3.47. The molecule has 1 aliphatic rings. The van der Waals surface area contributed by atoms with E-state index < -0.39 is 11.5 Å². The maximum absolute atomic E-state index is 11.9. The number of amides is 1. The minimum absolute atomic E-state index is 0.157. The summed E-state index contributed by atoms with van der Waals surface area (Å²) in [5.41, 5.74) is -0.904. The fourth-order valence-electron chi connectivity index (χ4n) is 1.96. The van der Waals surface area contributed by atoms with E-state index in [1.165, 1.54) is 0 Å². The first kappa shape index (κ1) is 13.1. The predicted octanol–water partition coefficient (Wildman–Crippen LogP) is 2.09. The molecule has 2 N–H and O–H groups in total. The first-order chi connectivity index (χ1) is 8.34. The number of anilines is 1. The molecule has 1 atom stereocenters. The zero-order valence-corrected chi connectivity index (χ0v) is 10.9. The number of hydrogen-bond acceptors (Lipinski definition) is 3. The number of fused-ring (bicyclic) bond motifs is 1. The lowest BCUT2D eigenvalue weighted by Gasteiger charge is -2.20. The normalized spacial score (nSPS) is 21.9. The van der Waals surface area contributed by atoms with Crippen LogP contribution in [0, 0.1) is 5.92 Å². The van der Waals surface area contributed by atoms with Gasteiger partial charge in [-0.1, -0.05) is 31.5 Å². The second-order valence-corrected chi connectivity index (χ2v) is 5.24. The van der Waals surface area contributed by atoms with Crippen molar-refractivity contribution >= 4 is 29.0 Å². The van der Waals surface area contributed by atoms with Gasteiger partial charge in [0, 0.05) is 28.6 Å². The Hall–Kier alpha value is -1.39. The SMILES string of the molecule is CC(C)C(=O)CC1(O)C(=O)Nc2cc(Cl)ccc21. The fraction of sp³-hybridized carbons (Fsp3) is 0.385. The molecule has 0 fully saturated rings. The van der Waals surface area contributed by atoms with Gasteiger partial charge in [0.15, 0.2) is 5.60 Å². The van der Waals surface area contributed by atoms with Crippen molar-refractivity contribution in [3.8, 4) is 0 Å². The Kier molecular flexibility index (Phi) is 3.17. The summed E-state index contributed by atoms with van der Waals surface area (Å²) >= 11 is 5.82. The van der Waals surface area contributed by atoms with Gasteiger partial charge in [0.2, 0.25) is 0 Å². The van der Waals surface area contributed by atoms with E-state index in [0.29, 0.717) is 16.3 Å². The van der Waals surface area contributed by atoms with Gasteiger partial charge in [-0.25, -0.2) is 0 Å². The Bertz CT molecular complexity index is 527. The monoisotopic (exact) mass is 267 g/mol. The molecule has 0 saturated carbocycles. The maximum Gasteiger partial charge on any atom is 0.261 e. The summed E-state index contributed by atoms with van der Waals surface area (Å²) in [6, 6.07) is 4.72. The summed E-state index contributed by atoms with van der Waals surface area (Å²) in [6.07, 6.45) is -0.217. The molecule has 1 aromatic rings. The third-order valence-electron chi connectivity index (χ3n) is 3.13. The van der Waals surface area contributed by atoms with Crippen LogP contribution < -0.4 is 5.32 Å². The Morgan fingerprint density at radius 1 is 1.50 bits per heavy atom. The Morgan fingerprint density at radius 2 is 2.17 bits per heavy atom. The second-order valence-electron chi connectivity index (χ2n) is 4.80. The number of hydrogen-bond donors (Lipinski definition) is 2. The van der Waals surface area contributed by atoms with Crippen LogP contribution in [0.15, 0.2) is 18.2 Å². The van der Waals surface area contributed by atoms with Crippen LogP contribution in [0.1, 0.15) is 25.8 Å². The summed E-state index contributed by atoms with van der Waals surface area (Å²) in [4.78, 5) is 23.6. The molecule has 4 nitrogen and oxygen atoms in total. The molecular weight excluding hydrogens is 254 g/mol. The molecule has 1 unspecified atom stereocenters. The lowest BCUT2D eigenvalue weighted by Crippen LogP contribution is -2.37. The number of carbonyl (C=O) groups is 2. The lowest BCUT2D eigenvalue weighted by atomic mass is 9.87. The number of Topliss-reactive ketones (excluding diaryl/α,β-unsaturated/α-hetero) is 1. The van der Waals surface area contributed by atoms with Crippen LogP contribution in [-0.2, 0) is 15.2 Å². The predicted molar refractivity (Wildman–Crippen MR) is 68.4 cm³/mol. The van der Waals surface area contributed by atoms with E-state index in [0.717, 1.165) is 0 Å². The summed E-state index contributed by atoms with van der Waals surface area (Å²) in [5, 5.41) is 13.5. The number of carbonyl (C=O) groups excluding carboxylic acids is 2. The second kappa shape index (κ2) is 4.37. The van der Waals surface area contributed by atoms with Gasteiger partial charge in [-0.3, -0.25) is 9.59 Å². The van der Waals surface area contributed by atoms with Gasteiger partial charge in [-0.15, -0.1) is 0 Å². The van der Waals surface area contributed by atoms with E-state index in [9.17, 15) is 14.7 Å². The quantitative estimate of drug-likeness (QED) is 0.881. The molecule has 96 valence electrons. The molecule has 1 heterocycles. The van der Waals surface area contributed by atoms with Crippen molar-refractivity contribution in [1.29, 1.82) is 0 Å². The van der Waals surface area contributed by atoms with Gasteiger partial charge in [-0.05, 0) is 12.1 Å². The number of nitrogens with one attached hydrogen (secondary N) is 1. The summed E-state index contributed by atoms with van der Waals surface area (Å²) in [7, 11) is 0. The van der Waals surface area contributed by atoms with E-state index in [4.69, 9.17) is 11.6 Å². The van der Waals surface area contributed by atoms with Crippen molar-refractivity contribution in [2.75, 3.05) is 5.32 Å². The highest BCUT2D eigenvalue weighted by Gasteiger charge is 2.46. The van der Waals surface area contributed by atoms with E-state index in [2.05, 4.69) is 5.32 Å². The number of benzene rings is 1. The number of ketones is 1. The van der Waals surface area contributed by atoms with Crippen LogP contribution in [0.25, 0.3) is 0 Å². The van der Waals surface area contributed by atoms with Gasteiger partial charge in [0.1, 0.15) is 5.78 Å². The van der Waals surface area contributed by atoms with E-state index in [1.807, 2.05) is 0 Å². The summed E-state index contributed by atoms with van der Waals surface area (Å²) in [5.74, 6) is -0.956. The topological polar surface area (TPSA) is 66.4 Å². The van der Waals surface area contributed by atoms with Crippen LogP contribution in [-0.4, -0.2) is 16.8 Å². The molecule has 0 bridgehead atoms. The molecule has 0 aliphatic carbocycles. The maximum atomic E-state index is 11.9. The third-order valence-corrected chi connectivity index (χ3v) is 3.36.